The van der Waals surface area contributed by atoms with Crippen LogP contribution in [-0.4, -0.2) is 15.9 Å². The van der Waals surface area contributed by atoms with Gasteiger partial charge in [-0.05, 0) is 12.8 Å². The maximum atomic E-state index is 11.1. The molecule has 1 aromatic carbocycles. The lowest BCUT2D eigenvalue weighted by molar-refractivity contribution is -0.116. The highest BCUT2D eigenvalue weighted by Crippen LogP contribution is 2.21. The van der Waals surface area contributed by atoms with Gasteiger partial charge in [-0.25, -0.2) is 9.97 Å². The van der Waals surface area contributed by atoms with Crippen LogP contribution in [0.2, 0.25) is 0 Å². The second kappa shape index (κ2) is 19.1. The van der Waals surface area contributed by atoms with Gasteiger partial charge in [-0.15, -0.1) is 0 Å². The van der Waals surface area contributed by atoms with Crippen LogP contribution in [-0.2, 0) is 17.6 Å². The van der Waals surface area contributed by atoms with Gasteiger partial charge in [0.2, 0.25) is 5.91 Å². The molecule has 4 nitrogen and oxygen atoms in total. The molecular formula is C22H37N3O. The fourth-order valence-electron chi connectivity index (χ4n) is 1.94. The van der Waals surface area contributed by atoms with E-state index < -0.39 is 0 Å². The van der Waals surface area contributed by atoms with Crippen molar-refractivity contribution in [2.45, 2.75) is 74.1 Å². The van der Waals surface area contributed by atoms with Crippen LogP contribution in [0.3, 0.4) is 0 Å². The zero-order valence-corrected chi connectivity index (χ0v) is 17.7. The molecule has 0 spiro atoms. The number of fused-ring (bicyclic) bond motifs is 1. The Morgan fingerprint density at radius 3 is 1.73 bits per heavy atom. The van der Waals surface area contributed by atoms with Crippen molar-refractivity contribution in [3.63, 3.8) is 0 Å². The monoisotopic (exact) mass is 359 g/mol. The molecule has 2 heterocycles. The molecule has 1 aliphatic rings. The number of aryl methyl sites for hydroxylation is 1. The quantitative estimate of drug-likeness (QED) is 0.671. The molecule has 146 valence electrons. The molecule has 0 unspecified atom stereocenters. The minimum absolute atomic E-state index is 0.0493. The highest BCUT2D eigenvalue weighted by molar-refractivity contribution is 5.92. The number of aromatic nitrogens is 2. The molecule has 0 bridgehead atoms. The maximum absolute atomic E-state index is 11.1. The van der Waals surface area contributed by atoms with Crippen molar-refractivity contribution in [2.75, 3.05) is 5.32 Å². The van der Waals surface area contributed by atoms with Crippen molar-refractivity contribution >= 4 is 11.7 Å². The average Bonchev–Trinajstić information content (AvgIpc) is 2.72. The normalized spacial score (nSPS) is 10.5. The molecule has 0 saturated carbocycles. The molecule has 0 fully saturated rings. The number of anilines is 1. The number of carbonyl (C=O) groups is 1. The second-order valence-corrected chi connectivity index (χ2v) is 4.91. The Hall–Kier alpha value is -2.23. The van der Waals surface area contributed by atoms with Gasteiger partial charge < -0.3 is 5.32 Å². The molecule has 0 aliphatic carbocycles. The Kier molecular flexibility index (Phi) is 19.1. The standard InChI is InChI=1S/C9H11N3O.C6H6.C3H8.2C2H6/c1-2-7-6-3-4-8(13)12-9(6)11-5-10-7;1-2-4-6-5-3-1;1-3-2;2*1-2/h5H,2-4H2,1H3,(H,10,11,12,13);1-6H;3H2,1-2H3;2*1-2H3. The van der Waals surface area contributed by atoms with E-state index in [1.807, 2.05) is 64.1 Å². The number of nitrogens with zero attached hydrogens (tertiary/aromatic N) is 2. The molecule has 1 aromatic heterocycles. The Balaban J connectivity index is 0. The molecule has 1 N–H and O–H groups in total. The first-order valence-electron chi connectivity index (χ1n) is 9.85. The lowest BCUT2D eigenvalue weighted by Gasteiger charge is -2.16. The van der Waals surface area contributed by atoms with E-state index in [0.29, 0.717) is 12.2 Å². The van der Waals surface area contributed by atoms with Crippen LogP contribution >= 0.6 is 0 Å². The van der Waals surface area contributed by atoms with Crippen LogP contribution in [0.5, 0.6) is 0 Å². The molecule has 4 heteroatoms. The Bertz CT molecular complexity index is 530. The van der Waals surface area contributed by atoms with Crippen molar-refractivity contribution in [2.24, 2.45) is 0 Å². The van der Waals surface area contributed by atoms with Gasteiger partial charge in [0.15, 0.2) is 0 Å². The van der Waals surface area contributed by atoms with E-state index in [2.05, 4.69) is 36.1 Å². The lowest BCUT2D eigenvalue weighted by atomic mass is 10.0. The van der Waals surface area contributed by atoms with Gasteiger partial charge in [0, 0.05) is 17.7 Å². The number of hydrogen-bond acceptors (Lipinski definition) is 3. The number of nitrogens with one attached hydrogen (secondary N) is 1. The number of carbonyl (C=O) groups excluding carboxylic acids is 1. The van der Waals surface area contributed by atoms with E-state index in [1.165, 1.54) is 12.7 Å². The molecule has 26 heavy (non-hydrogen) atoms. The predicted molar refractivity (Wildman–Crippen MR) is 113 cm³/mol. The third-order valence-corrected chi connectivity index (χ3v) is 2.90. The number of rotatable bonds is 1. The van der Waals surface area contributed by atoms with Gasteiger partial charge >= 0.3 is 0 Å². The Labute approximate surface area is 160 Å². The van der Waals surface area contributed by atoms with E-state index in [4.69, 9.17) is 0 Å². The van der Waals surface area contributed by atoms with E-state index in [1.54, 1.807) is 0 Å². The smallest absolute Gasteiger partial charge is 0.225 e. The van der Waals surface area contributed by atoms with Crippen molar-refractivity contribution in [1.82, 2.24) is 9.97 Å². The van der Waals surface area contributed by atoms with Gasteiger partial charge in [-0.2, -0.15) is 0 Å². The van der Waals surface area contributed by atoms with E-state index >= 15 is 0 Å². The summed E-state index contributed by atoms with van der Waals surface area (Å²) in [4.78, 5) is 19.3. The molecule has 0 radical (unpaired) electrons. The van der Waals surface area contributed by atoms with Gasteiger partial charge in [0.1, 0.15) is 12.1 Å². The fraction of sp³-hybridized carbons (Fsp3) is 0.500. The number of hydrogen-bond donors (Lipinski definition) is 1. The van der Waals surface area contributed by atoms with E-state index in [0.717, 1.165) is 24.1 Å². The average molecular weight is 360 g/mol. The van der Waals surface area contributed by atoms with Gasteiger partial charge in [-0.1, -0.05) is 91.3 Å². The largest absolute Gasteiger partial charge is 0.310 e. The molecule has 1 amide bonds. The summed E-state index contributed by atoms with van der Waals surface area (Å²) >= 11 is 0. The molecule has 3 rings (SSSR count). The first-order chi connectivity index (χ1) is 12.7. The van der Waals surface area contributed by atoms with Gasteiger partial charge in [0.25, 0.3) is 0 Å². The number of amides is 1. The first-order valence-corrected chi connectivity index (χ1v) is 9.85. The highest BCUT2D eigenvalue weighted by Gasteiger charge is 2.18. The maximum Gasteiger partial charge on any atom is 0.225 e. The van der Waals surface area contributed by atoms with Crippen molar-refractivity contribution in [1.29, 1.82) is 0 Å². The summed E-state index contributed by atoms with van der Waals surface area (Å²) in [5.74, 6) is 0.747. The zero-order chi connectivity index (χ0) is 20.2. The van der Waals surface area contributed by atoms with Crippen LogP contribution < -0.4 is 5.32 Å². The van der Waals surface area contributed by atoms with Crippen molar-refractivity contribution in [3.05, 3.63) is 54.0 Å². The molecule has 1 aliphatic heterocycles. The van der Waals surface area contributed by atoms with Crippen LogP contribution in [0.25, 0.3) is 0 Å². The van der Waals surface area contributed by atoms with Crippen LogP contribution in [0.4, 0.5) is 5.82 Å². The predicted octanol–water partition coefficient (Wildman–Crippen LogP) is 6.08. The van der Waals surface area contributed by atoms with Crippen molar-refractivity contribution < 1.29 is 4.79 Å². The summed E-state index contributed by atoms with van der Waals surface area (Å²) < 4.78 is 0. The molecular weight excluding hydrogens is 322 g/mol. The van der Waals surface area contributed by atoms with Crippen LogP contribution in [0, 0.1) is 0 Å². The van der Waals surface area contributed by atoms with Gasteiger partial charge in [0.05, 0.1) is 0 Å². The van der Waals surface area contributed by atoms with Crippen molar-refractivity contribution in [3.8, 4) is 0 Å². The highest BCUT2D eigenvalue weighted by atomic mass is 16.1. The Morgan fingerprint density at radius 1 is 0.846 bits per heavy atom. The third-order valence-electron chi connectivity index (χ3n) is 2.90. The minimum atomic E-state index is 0.0493. The summed E-state index contributed by atoms with van der Waals surface area (Å²) in [6.07, 6.45) is 4.96. The molecule has 0 saturated heterocycles. The Morgan fingerprint density at radius 2 is 1.31 bits per heavy atom. The molecule has 2 aromatic rings. The zero-order valence-electron chi connectivity index (χ0n) is 17.7. The second-order valence-electron chi connectivity index (χ2n) is 4.91. The van der Waals surface area contributed by atoms with E-state index in [9.17, 15) is 4.79 Å². The molecule has 0 atom stereocenters. The fourth-order valence-corrected chi connectivity index (χ4v) is 1.94. The topological polar surface area (TPSA) is 54.9 Å². The summed E-state index contributed by atoms with van der Waals surface area (Å²) in [5, 5.41) is 2.74. The first kappa shape index (κ1) is 26.0. The van der Waals surface area contributed by atoms with Crippen LogP contribution in [0.15, 0.2) is 42.7 Å². The SMILES string of the molecule is CC.CC.CCC.CCc1ncnc2c1CCC(=O)N2.c1ccccc1. The van der Waals surface area contributed by atoms with Gasteiger partial charge in [-0.3, -0.25) is 4.79 Å². The summed E-state index contributed by atoms with van der Waals surface area (Å²) in [5.41, 5.74) is 2.15. The lowest BCUT2D eigenvalue weighted by Crippen LogP contribution is -2.21. The number of benzene rings is 1. The van der Waals surface area contributed by atoms with Crippen LogP contribution in [0.1, 0.15) is 72.6 Å². The van der Waals surface area contributed by atoms with E-state index in [-0.39, 0.29) is 5.91 Å². The minimum Gasteiger partial charge on any atom is -0.310 e. The summed E-state index contributed by atoms with van der Waals surface area (Å²) in [6.45, 7) is 14.3. The summed E-state index contributed by atoms with van der Waals surface area (Å²) in [7, 11) is 0. The third kappa shape index (κ3) is 11.3. The summed E-state index contributed by atoms with van der Waals surface area (Å²) in [6, 6.07) is 12.0.